The van der Waals surface area contributed by atoms with Crippen molar-refractivity contribution < 1.29 is 4.79 Å². The quantitative estimate of drug-likeness (QED) is 0.656. The predicted molar refractivity (Wildman–Crippen MR) is 110 cm³/mol. The van der Waals surface area contributed by atoms with Gasteiger partial charge in [0.25, 0.3) is 5.91 Å². The Morgan fingerprint density at radius 3 is 2.48 bits per heavy atom. The summed E-state index contributed by atoms with van der Waals surface area (Å²) in [5.41, 5.74) is 7.12. The van der Waals surface area contributed by atoms with Crippen LogP contribution in [0.4, 0.5) is 11.4 Å². The summed E-state index contributed by atoms with van der Waals surface area (Å²) >= 11 is 0. The zero-order chi connectivity index (χ0) is 19.2. The normalized spacial score (nSPS) is 10.5. The maximum atomic E-state index is 12.5. The molecule has 0 aliphatic carbocycles. The summed E-state index contributed by atoms with van der Waals surface area (Å²) in [4.78, 5) is 16.8. The Bertz CT molecular complexity index is 950. The van der Waals surface area contributed by atoms with E-state index in [0.29, 0.717) is 12.1 Å². The van der Waals surface area contributed by atoms with E-state index in [-0.39, 0.29) is 5.91 Å². The molecule has 0 bridgehead atoms. The van der Waals surface area contributed by atoms with E-state index in [0.717, 1.165) is 28.9 Å². The van der Waals surface area contributed by atoms with Crippen LogP contribution in [0.3, 0.4) is 0 Å². The zero-order valence-electron chi connectivity index (χ0n) is 16.0. The molecule has 1 aromatic heterocycles. The van der Waals surface area contributed by atoms with Crippen LogP contribution in [0.1, 0.15) is 39.5 Å². The van der Waals surface area contributed by atoms with Crippen molar-refractivity contribution in [1.82, 2.24) is 10.3 Å². The first kappa shape index (κ1) is 18.6. The second-order valence-corrected chi connectivity index (χ2v) is 6.66. The number of aryl methyl sites for hydroxylation is 3. The Kier molecular flexibility index (Phi) is 5.87. The largest absolute Gasteiger partial charge is 0.354 e. The number of hydrogen-bond acceptors (Lipinski definition) is 3. The highest BCUT2D eigenvalue weighted by Gasteiger charge is 2.10. The van der Waals surface area contributed by atoms with Gasteiger partial charge < -0.3 is 10.6 Å². The first-order valence-corrected chi connectivity index (χ1v) is 9.21. The summed E-state index contributed by atoms with van der Waals surface area (Å²) in [5.74, 6) is -0.130. The first-order chi connectivity index (χ1) is 13.1. The second kappa shape index (κ2) is 8.49. The van der Waals surface area contributed by atoms with Gasteiger partial charge in [-0.15, -0.1) is 0 Å². The van der Waals surface area contributed by atoms with Crippen LogP contribution in [0, 0.1) is 13.8 Å². The Balaban J connectivity index is 1.74. The fraction of sp³-hybridized carbons (Fsp3) is 0.217. The standard InChI is InChI=1S/C23H25N3O/c1-4-18-11-7-9-17(3)22(18)26-21-12-20(13-24-15-21)23(27)25-14-19-10-6-5-8-16(19)2/h5-13,15,26H,4,14H2,1-3H3,(H,25,27). The lowest BCUT2D eigenvalue weighted by Crippen LogP contribution is -2.23. The van der Waals surface area contributed by atoms with Crippen molar-refractivity contribution in [3.05, 3.63) is 88.7 Å². The lowest BCUT2D eigenvalue weighted by atomic mass is 10.1. The number of carbonyl (C=O) groups excluding carboxylic acids is 1. The van der Waals surface area contributed by atoms with E-state index in [9.17, 15) is 4.79 Å². The summed E-state index contributed by atoms with van der Waals surface area (Å²) in [7, 11) is 0. The highest BCUT2D eigenvalue weighted by atomic mass is 16.1. The highest BCUT2D eigenvalue weighted by Crippen LogP contribution is 2.25. The fourth-order valence-corrected chi connectivity index (χ4v) is 3.06. The van der Waals surface area contributed by atoms with E-state index in [2.05, 4.69) is 47.7 Å². The number of nitrogens with zero attached hydrogens (tertiary/aromatic N) is 1. The molecule has 0 aliphatic heterocycles. The summed E-state index contributed by atoms with van der Waals surface area (Å²) in [5, 5.41) is 6.40. The van der Waals surface area contributed by atoms with Gasteiger partial charge in [-0.2, -0.15) is 0 Å². The third-order valence-electron chi connectivity index (χ3n) is 4.71. The molecule has 27 heavy (non-hydrogen) atoms. The van der Waals surface area contributed by atoms with Crippen LogP contribution in [-0.2, 0) is 13.0 Å². The lowest BCUT2D eigenvalue weighted by Gasteiger charge is -2.14. The maximum absolute atomic E-state index is 12.5. The van der Waals surface area contributed by atoms with E-state index in [1.165, 1.54) is 11.1 Å². The number of amides is 1. The number of hydrogen-bond donors (Lipinski definition) is 2. The van der Waals surface area contributed by atoms with E-state index in [1.54, 1.807) is 12.4 Å². The minimum absolute atomic E-state index is 0.130. The number of aromatic nitrogens is 1. The van der Waals surface area contributed by atoms with Gasteiger partial charge in [0.1, 0.15) is 0 Å². The van der Waals surface area contributed by atoms with Gasteiger partial charge in [-0.3, -0.25) is 9.78 Å². The monoisotopic (exact) mass is 359 g/mol. The number of carbonyl (C=O) groups is 1. The van der Waals surface area contributed by atoms with Crippen LogP contribution in [0.2, 0.25) is 0 Å². The number of pyridine rings is 1. The molecule has 138 valence electrons. The van der Waals surface area contributed by atoms with Gasteiger partial charge in [0, 0.05) is 18.4 Å². The van der Waals surface area contributed by atoms with Crippen LogP contribution in [0.15, 0.2) is 60.9 Å². The molecule has 4 nitrogen and oxygen atoms in total. The fourth-order valence-electron chi connectivity index (χ4n) is 3.06. The van der Waals surface area contributed by atoms with Crippen LogP contribution < -0.4 is 10.6 Å². The van der Waals surface area contributed by atoms with Crippen molar-refractivity contribution in [2.75, 3.05) is 5.32 Å². The van der Waals surface area contributed by atoms with Crippen LogP contribution in [-0.4, -0.2) is 10.9 Å². The molecule has 4 heteroatoms. The number of para-hydroxylation sites is 1. The molecular weight excluding hydrogens is 334 g/mol. The zero-order valence-corrected chi connectivity index (χ0v) is 16.0. The van der Waals surface area contributed by atoms with Crippen LogP contribution in [0.25, 0.3) is 0 Å². The molecule has 2 aromatic carbocycles. The van der Waals surface area contributed by atoms with E-state index < -0.39 is 0 Å². The van der Waals surface area contributed by atoms with Crippen LogP contribution >= 0.6 is 0 Å². The Labute approximate surface area is 160 Å². The summed E-state index contributed by atoms with van der Waals surface area (Å²) in [6, 6.07) is 16.1. The average Bonchev–Trinajstić information content (AvgIpc) is 2.69. The predicted octanol–water partition coefficient (Wildman–Crippen LogP) is 4.93. The van der Waals surface area contributed by atoms with Crippen molar-refractivity contribution in [3.8, 4) is 0 Å². The number of nitrogens with one attached hydrogen (secondary N) is 2. The topological polar surface area (TPSA) is 54.0 Å². The number of benzene rings is 2. The summed E-state index contributed by atoms with van der Waals surface area (Å²) < 4.78 is 0. The lowest BCUT2D eigenvalue weighted by molar-refractivity contribution is 0.0950. The van der Waals surface area contributed by atoms with Crippen LogP contribution in [0.5, 0.6) is 0 Å². The molecule has 0 saturated carbocycles. The molecule has 0 atom stereocenters. The third kappa shape index (κ3) is 4.53. The molecule has 1 heterocycles. The van der Waals surface area contributed by atoms with Gasteiger partial charge in [0.2, 0.25) is 0 Å². The van der Waals surface area contributed by atoms with Gasteiger partial charge in [-0.05, 0) is 48.6 Å². The first-order valence-electron chi connectivity index (χ1n) is 9.21. The molecule has 0 spiro atoms. The van der Waals surface area contributed by atoms with Gasteiger partial charge in [-0.1, -0.05) is 49.4 Å². The third-order valence-corrected chi connectivity index (χ3v) is 4.71. The minimum Gasteiger partial charge on any atom is -0.354 e. The van der Waals surface area contributed by atoms with E-state index in [1.807, 2.05) is 37.3 Å². The van der Waals surface area contributed by atoms with Gasteiger partial charge >= 0.3 is 0 Å². The minimum atomic E-state index is -0.130. The molecule has 1 amide bonds. The van der Waals surface area contributed by atoms with E-state index >= 15 is 0 Å². The van der Waals surface area contributed by atoms with Crippen molar-refractivity contribution in [3.63, 3.8) is 0 Å². The molecule has 0 unspecified atom stereocenters. The Morgan fingerprint density at radius 1 is 0.963 bits per heavy atom. The molecule has 0 aliphatic rings. The maximum Gasteiger partial charge on any atom is 0.253 e. The molecule has 0 fully saturated rings. The van der Waals surface area contributed by atoms with Crippen molar-refractivity contribution in [2.45, 2.75) is 33.7 Å². The number of rotatable bonds is 6. The van der Waals surface area contributed by atoms with Crippen molar-refractivity contribution >= 4 is 17.3 Å². The SMILES string of the molecule is CCc1cccc(C)c1Nc1cncc(C(=O)NCc2ccccc2C)c1. The molecule has 2 N–H and O–H groups in total. The average molecular weight is 359 g/mol. The van der Waals surface area contributed by atoms with E-state index in [4.69, 9.17) is 0 Å². The molecular formula is C23H25N3O. The summed E-state index contributed by atoms with van der Waals surface area (Å²) in [6.07, 6.45) is 4.27. The molecule has 3 rings (SSSR count). The Morgan fingerprint density at radius 2 is 1.70 bits per heavy atom. The molecule has 3 aromatic rings. The van der Waals surface area contributed by atoms with Gasteiger partial charge in [-0.25, -0.2) is 0 Å². The van der Waals surface area contributed by atoms with Crippen molar-refractivity contribution in [1.29, 1.82) is 0 Å². The highest BCUT2D eigenvalue weighted by molar-refractivity contribution is 5.94. The Hall–Kier alpha value is -3.14. The second-order valence-electron chi connectivity index (χ2n) is 6.66. The molecule has 0 saturated heterocycles. The van der Waals surface area contributed by atoms with Gasteiger partial charge in [0.05, 0.1) is 17.4 Å². The van der Waals surface area contributed by atoms with Gasteiger partial charge in [0.15, 0.2) is 0 Å². The summed E-state index contributed by atoms with van der Waals surface area (Å²) in [6.45, 7) is 6.75. The smallest absolute Gasteiger partial charge is 0.253 e. The van der Waals surface area contributed by atoms with Crippen molar-refractivity contribution in [2.24, 2.45) is 0 Å². The number of anilines is 2. The molecule has 0 radical (unpaired) electrons.